The molecule has 7 nitrogen and oxygen atoms in total. The SMILES string of the molecule is CCOc1cc(/C=N\NC(=O)C(=O)N[C@H](C)CC)ccc1O. The highest BCUT2D eigenvalue weighted by Gasteiger charge is 2.14. The van der Waals surface area contributed by atoms with Crippen molar-refractivity contribution in [1.29, 1.82) is 0 Å². The molecule has 0 saturated carbocycles. The number of phenols is 1. The Balaban J connectivity index is 2.60. The lowest BCUT2D eigenvalue weighted by molar-refractivity contribution is -0.139. The first-order chi connectivity index (χ1) is 10.5. The Morgan fingerprint density at radius 1 is 1.36 bits per heavy atom. The van der Waals surface area contributed by atoms with Crippen LogP contribution in [0.3, 0.4) is 0 Å². The Kier molecular flexibility index (Phi) is 6.88. The fourth-order valence-electron chi connectivity index (χ4n) is 1.49. The number of carbonyl (C=O) groups is 2. The number of ether oxygens (including phenoxy) is 1. The lowest BCUT2D eigenvalue weighted by Gasteiger charge is -2.09. The minimum atomic E-state index is -0.833. The van der Waals surface area contributed by atoms with E-state index in [-0.39, 0.29) is 11.8 Å². The molecule has 0 bridgehead atoms. The second-order valence-electron chi connectivity index (χ2n) is 4.64. The molecule has 1 aromatic rings. The largest absolute Gasteiger partial charge is 0.504 e. The van der Waals surface area contributed by atoms with Crippen molar-refractivity contribution in [1.82, 2.24) is 10.7 Å². The van der Waals surface area contributed by atoms with Crippen molar-refractivity contribution in [2.45, 2.75) is 33.2 Å². The summed E-state index contributed by atoms with van der Waals surface area (Å²) >= 11 is 0. The van der Waals surface area contributed by atoms with E-state index in [9.17, 15) is 14.7 Å². The molecule has 0 fully saturated rings. The maximum Gasteiger partial charge on any atom is 0.329 e. The van der Waals surface area contributed by atoms with E-state index in [1.165, 1.54) is 12.3 Å². The van der Waals surface area contributed by atoms with E-state index in [4.69, 9.17) is 4.74 Å². The van der Waals surface area contributed by atoms with E-state index < -0.39 is 11.8 Å². The van der Waals surface area contributed by atoms with Gasteiger partial charge in [-0.3, -0.25) is 9.59 Å². The van der Waals surface area contributed by atoms with Crippen molar-refractivity contribution in [3.63, 3.8) is 0 Å². The number of hydrogen-bond acceptors (Lipinski definition) is 5. The molecular formula is C15H21N3O4. The average Bonchev–Trinajstić information content (AvgIpc) is 2.50. The molecule has 120 valence electrons. The van der Waals surface area contributed by atoms with Gasteiger partial charge in [0.25, 0.3) is 0 Å². The van der Waals surface area contributed by atoms with Crippen LogP contribution in [0.5, 0.6) is 11.5 Å². The number of aromatic hydroxyl groups is 1. The van der Waals surface area contributed by atoms with Crippen molar-refractivity contribution in [3.8, 4) is 11.5 Å². The van der Waals surface area contributed by atoms with Crippen molar-refractivity contribution in [2.75, 3.05) is 6.61 Å². The predicted octanol–water partition coefficient (Wildman–Crippen LogP) is 1.16. The van der Waals surface area contributed by atoms with Gasteiger partial charge in [-0.05, 0) is 44.0 Å². The van der Waals surface area contributed by atoms with Crippen molar-refractivity contribution in [2.24, 2.45) is 5.10 Å². The van der Waals surface area contributed by atoms with Crippen LogP contribution in [0.4, 0.5) is 0 Å². The van der Waals surface area contributed by atoms with E-state index in [1.807, 2.05) is 6.92 Å². The second kappa shape index (κ2) is 8.66. The summed E-state index contributed by atoms with van der Waals surface area (Å²) in [4.78, 5) is 23.0. The van der Waals surface area contributed by atoms with Crippen LogP contribution in [0.1, 0.15) is 32.8 Å². The molecule has 1 rings (SSSR count). The van der Waals surface area contributed by atoms with Gasteiger partial charge in [-0.15, -0.1) is 0 Å². The number of benzene rings is 1. The topological polar surface area (TPSA) is 100 Å². The van der Waals surface area contributed by atoms with Crippen LogP contribution in [0, 0.1) is 0 Å². The Hall–Kier alpha value is -2.57. The highest BCUT2D eigenvalue weighted by molar-refractivity contribution is 6.35. The lowest BCUT2D eigenvalue weighted by Crippen LogP contribution is -2.41. The average molecular weight is 307 g/mol. The number of amides is 2. The number of hydrogen-bond donors (Lipinski definition) is 3. The van der Waals surface area contributed by atoms with Gasteiger partial charge in [0.1, 0.15) is 0 Å². The molecule has 7 heteroatoms. The third-order valence-electron chi connectivity index (χ3n) is 2.86. The molecule has 0 aromatic heterocycles. The number of rotatable bonds is 6. The molecule has 3 N–H and O–H groups in total. The summed E-state index contributed by atoms with van der Waals surface area (Å²) in [6.07, 6.45) is 2.09. The maximum absolute atomic E-state index is 11.5. The first kappa shape index (κ1) is 17.5. The van der Waals surface area contributed by atoms with Crippen LogP contribution < -0.4 is 15.5 Å². The highest BCUT2D eigenvalue weighted by Crippen LogP contribution is 2.26. The summed E-state index contributed by atoms with van der Waals surface area (Å²) in [7, 11) is 0. The van der Waals surface area contributed by atoms with Gasteiger partial charge < -0.3 is 15.2 Å². The van der Waals surface area contributed by atoms with Gasteiger partial charge in [-0.25, -0.2) is 5.43 Å². The first-order valence-corrected chi connectivity index (χ1v) is 7.07. The molecule has 2 amide bonds. The normalized spacial score (nSPS) is 12.0. The maximum atomic E-state index is 11.5. The van der Waals surface area contributed by atoms with Crippen molar-refractivity contribution in [3.05, 3.63) is 23.8 Å². The Morgan fingerprint density at radius 3 is 2.73 bits per heavy atom. The fourth-order valence-corrected chi connectivity index (χ4v) is 1.49. The number of nitrogens with zero attached hydrogens (tertiary/aromatic N) is 1. The molecular weight excluding hydrogens is 286 g/mol. The molecule has 22 heavy (non-hydrogen) atoms. The molecule has 1 atom stereocenters. The summed E-state index contributed by atoms with van der Waals surface area (Å²) in [5.74, 6) is -1.21. The molecule has 1 aromatic carbocycles. The molecule has 0 unspecified atom stereocenters. The Morgan fingerprint density at radius 2 is 2.09 bits per heavy atom. The monoisotopic (exact) mass is 307 g/mol. The van der Waals surface area contributed by atoms with Crippen molar-refractivity contribution >= 4 is 18.0 Å². The minimum absolute atomic E-state index is 0.0240. The molecule has 0 aliphatic rings. The zero-order valence-electron chi connectivity index (χ0n) is 12.9. The van der Waals surface area contributed by atoms with Crippen LogP contribution in [-0.4, -0.2) is 35.8 Å². The fraction of sp³-hybridized carbons (Fsp3) is 0.400. The molecule has 0 heterocycles. The van der Waals surface area contributed by atoms with E-state index in [2.05, 4.69) is 15.8 Å². The second-order valence-corrected chi connectivity index (χ2v) is 4.64. The molecule has 0 saturated heterocycles. The lowest BCUT2D eigenvalue weighted by atomic mass is 10.2. The number of phenolic OH excluding ortho intramolecular Hbond substituents is 1. The van der Waals surface area contributed by atoms with Gasteiger partial charge >= 0.3 is 11.8 Å². The van der Waals surface area contributed by atoms with Crippen LogP contribution in [0.2, 0.25) is 0 Å². The van der Waals surface area contributed by atoms with Gasteiger partial charge in [-0.1, -0.05) is 6.92 Å². The van der Waals surface area contributed by atoms with Gasteiger partial charge in [0.15, 0.2) is 11.5 Å². The van der Waals surface area contributed by atoms with Crippen LogP contribution >= 0.6 is 0 Å². The summed E-state index contributed by atoms with van der Waals surface area (Å²) in [6, 6.07) is 4.57. The predicted molar refractivity (Wildman–Crippen MR) is 82.9 cm³/mol. The quantitative estimate of drug-likeness (QED) is 0.417. The Bertz CT molecular complexity index is 558. The highest BCUT2D eigenvalue weighted by atomic mass is 16.5. The number of nitrogens with one attached hydrogen (secondary N) is 2. The van der Waals surface area contributed by atoms with Gasteiger partial charge in [0.05, 0.1) is 12.8 Å². The van der Waals surface area contributed by atoms with Gasteiger partial charge in [-0.2, -0.15) is 5.10 Å². The summed E-state index contributed by atoms with van der Waals surface area (Å²) in [5.41, 5.74) is 2.76. The van der Waals surface area contributed by atoms with Gasteiger partial charge in [0.2, 0.25) is 0 Å². The first-order valence-electron chi connectivity index (χ1n) is 7.07. The van der Waals surface area contributed by atoms with E-state index >= 15 is 0 Å². The minimum Gasteiger partial charge on any atom is -0.504 e. The standard InChI is InChI=1S/C15H21N3O4/c1-4-10(3)17-14(20)15(21)18-16-9-11-6-7-12(19)13(8-11)22-5-2/h6-10,19H,4-5H2,1-3H3,(H,17,20)(H,18,21)/b16-9-/t10-/m1/s1. The van der Waals surface area contributed by atoms with Crippen LogP contribution in [0.25, 0.3) is 0 Å². The smallest absolute Gasteiger partial charge is 0.329 e. The zero-order chi connectivity index (χ0) is 16.5. The summed E-state index contributed by atoms with van der Waals surface area (Å²) < 4.78 is 5.24. The summed E-state index contributed by atoms with van der Waals surface area (Å²) in [5, 5.41) is 15.8. The summed E-state index contributed by atoms with van der Waals surface area (Å²) in [6.45, 7) is 5.93. The van der Waals surface area contributed by atoms with E-state index in [0.717, 1.165) is 6.42 Å². The van der Waals surface area contributed by atoms with Crippen molar-refractivity contribution < 1.29 is 19.4 Å². The Labute approximate surface area is 129 Å². The van der Waals surface area contributed by atoms with Gasteiger partial charge in [0, 0.05) is 6.04 Å². The molecule has 0 aliphatic heterocycles. The van der Waals surface area contributed by atoms with E-state index in [1.54, 1.807) is 26.0 Å². The third-order valence-corrected chi connectivity index (χ3v) is 2.86. The van der Waals surface area contributed by atoms with Crippen LogP contribution in [-0.2, 0) is 9.59 Å². The molecule has 0 radical (unpaired) electrons. The zero-order valence-corrected chi connectivity index (χ0v) is 12.9. The number of carbonyl (C=O) groups excluding carboxylic acids is 2. The van der Waals surface area contributed by atoms with Crippen LogP contribution in [0.15, 0.2) is 23.3 Å². The van der Waals surface area contributed by atoms with E-state index in [0.29, 0.717) is 17.9 Å². The molecule has 0 aliphatic carbocycles. The molecule has 0 spiro atoms. The number of hydrazone groups is 1. The third kappa shape index (κ3) is 5.43.